The van der Waals surface area contributed by atoms with Gasteiger partial charge in [0.1, 0.15) is 10.6 Å². The van der Waals surface area contributed by atoms with Gasteiger partial charge in [0.15, 0.2) is 0 Å². The van der Waals surface area contributed by atoms with Crippen molar-refractivity contribution in [2.24, 2.45) is 0 Å². The Hall–Kier alpha value is -2.86. The van der Waals surface area contributed by atoms with Gasteiger partial charge in [0.2, 0.25) is 5.91 Å². The van der Waals surface area contributed by atoms with E-state index in [2.05, 4.69) is 5.32 Å². The number of carbonyl (C=O) groups is 1. The molecule has 25 heavy (non-hydrogen) atoms. The van der Waals surface area contributed by atoms with Crippen molar-refractivity contribution in [2.45, 2.75) is 18.7 Å². The zero-order chi connectivity index (χ0) is 18.0. The van der Waals surface area contributed by atoms with Gasteiger partial charge in [0, 0.05) is 12.6 Å². The number of amides is 1. The third-order valence-electron chi connectivity index (χ3n) is 3.74. The van der Waals surface area contributed by atoms with Crippen molar-refractivity contribution in [3.8, 4) is 5.75 Å². The van der Waals surface area contributed by atoms with E-state index < -0.39 is 10.1 Å². The third kappa shape index (κ3) is 3.80. The van der Waals surface area contributed by atoms with Gasteiger partial charge in [-0.2, -0.15) is 8.42 Å². The highest BCUT2D eigenvalue weighted by atomic mass is 32.2. The molecule has 0 aliphatic heterocycles. The number of rotatable bonds is 4. The predicted octanol–water partition coefficient (Wildman–Crippen LogP) is 3.87. The standard InChI is InChI=1S/C19H17NO4S/c1-13-7-10-18(12-19(13)20-14(2)21)25(22,23)24-17-9-8-15-5-3-4-6-16(15)11-17/h3-12H,1-2H3,(H,20,21). The zero-order valence-corrected chi connectivity index (χ0v) is 14.6. The minimum atomic E-state index is -4.01. The van der Waals surface area contributed by atoms with E-state index in [4.69, 9.17) is 4.18 Å². The molecule has 0 fully saturated rings. The first-order valence-corrected chi connectivity index (χ1v) is 9.07. The number of benzene rings is 3. The molecule has 0 aliphatic carbocycles. The lowest BCUT2D eigenvalue weighted by molar-refractivity contribution is -0.114. The van der Waals surface area contributed by atoms with Crippen molar-refractivity contribution < 1.29 is 17.4 Å². The van der Waals surface area contributed by atoms with Gasteiger partial charge in [-0.25, -0.2) is 0 Å². The van der Waals surface area contributed by atoms with Crippen molar-refractivity contribution in [1.29, 1.82) is 0 Å². The van der Waals surface area contributed by atoms with Crippen molar-refractivity contribution in [3.63, 3.8) is 0 Å². The minimum Gasteiger partial charge on any atom is -0.379 e. The number of hydrogen-bond donors (Lipinski definition) is 1. The van der Waals surface area contributed by atoms with Crippen LogP contribution < -0.4 is 9.50 Å². The van der Waals surface area contributed by atoms with Crippen LogP contribution in [-0.2, 0) is 14.9 Å². The minimum absolute atomic E-state index is 0.0185. The van der Waals surface area contributed by atoms with Gasteiger partial charge in [0.05, 0.1) is 0 Å². The summed E-state index contributed by atoms with van der Waals surface area (Å²) in [6, 6.07) is 17.2. The molecule has 0 atom stereocenters. The number of nitrogens with one attached hydrogen (secondary N) is 1. The fraction of sp³-hybridized carbons (Fsp3) is 0.105. The maximum Gasteiger partial charge on any atom is 0.339 e. The molecule has 3 aromatic rings. The van der Waals surface area contributed by atoms with Gasteiger partial charge in [-0.15, -0.1) is 0 Å². The highest BCUT2D eigenvalue weighted by Gasteiger charge is 2.18. The van der Waals surface area contributed by atoms with E-state index >= 15 is 0 Å². The lowest BCUT2D eigenvalue weighted by Gasteiger charge is -2.11. The van der Waals surface area contributed by atoms with Crippen molar-refractivity contribution in [3.05, 3.63) is 66.2 Å². The fourth-order valence-electron chi connectivity index (χ4n) is 2.47. The summed E-state index contributed by atoms with van der Waals surface area (Å²) in [6.45, 7) is 3.15. The molecule has 0 unspecified atom stereocenters. The normalized spacial score (nSPS) is 11.3. The van der Waals surface area contributed by atoms with Crippen LogP contribution >= 0.6 is 0 Å². The monoisotopic (exact) mass is 355 g/mol. The summed E-state index contributed by atoms with van der Waals surface area (Å²) in [5, 5.41) is 4.50. The summed E-state index contributed by atoms with van der Waals surface area (Å²) >= 11 is 0. The molecule has 1 amide bonds. The quantitative estimate of drug-likeness (QED) is 0.721. The second-order valence-corrected chi connectivity index (χ2v) is 7.25. The average molecular weight is 355 g/mol. The van der Waals surface area contributed by atoms with Crippen LogP contribution in [0.3, 0.4) is 0 Å². The fourth-order valence-corrected chi connectivity index (χ4v) is 3.43. The third-order valence-corrected chi connectivity index (χ3v) is 4.98. The number of anilines is 1. The Bertz CT molecular complexity index is 1060. The van der Waals surface area contributed by atoms with Gasteiger partial charge in [-0.1, -0.05) is 36.4 Å². The number of aryl methyl sites for hydroxylation is 1. The summed E-state index contributed by atoms with van der Waals surface area (Å²) in [4.78, 5) is 11.2. The van der Waals surface area contributed by atoms with Crippen LogP contribution in [0.25, 0.3) is 10.8 Å². The largest absolute Gasteiger partial charge is 0.379 e. The second-order valence-electron chi connectivity index (χ2n) is 5.70. The molecule has 0 heterocycles. The Kier molecular flexibility index (Phi) is 4.46. The molecule has 3 rings (SSSR count). The predicted molar refractivity (Wildman–Crippen MR) is 97.2 cm³/mol. The van der Waals surface area contributed by atoms with E-state index in [1.165, 1.54) is 19.1 Å². The van der Waals surface area contributed by atoms with Gasteiger partial charge in [0.25, 0.3) is 0 Å². The summed E-state index contributed by atoms with van der Waals surface area (Å²) in [5.41, 5.74) is 1.20. The Balaban J connectivity index is 1.94. The number of carbonyl (C=O) groups excluding carboxylic acids is 1. The van der Waals surface area contributed by atoms with Crippen LogP contribution in [0.15, 0.2) is 65.6 Å². The summed E-state index contributed by atoms with van der Waals surface area (Å²) in [7, 11) is -4.01. The average Bonchev–Trinajstić information content (AvgIpc) is 2.56. The first-order chi connectivity index (χ1) is 11.8. The summed E-state index contributed by atoms with van der Waals surface area (Å²) < 4.78 is 30.4. The molecule has 0 aliphatic rings. The lowest BCUT2D eigenvalue weighted by atomic mass is 10.1. The molecule has 3 aromatic carbocycles. The van der Waals surface area contributed by atoms with Crippen molar-refractivity contribution in [2.75, 3.05) is 5.32 Å². The van der Waals surface area contributed by atoms with Crippen molar-refractivity contribution in [1.82, 2.24) is 0 Å². The van der Waals surface area contributed by atoms with E-state index in [1.807, 2.05) is 24.3 Å². The molecule has 0 aromatic heterocycles. The molecule has 0 bridgehead atoms. The zero-order valence-electron chi connectivity index (χ0n) is 13.8. The highest BCUT2D eigenvalue weighted by Crippen LogP contribution is 2.26. The molecule has 0 saturated carbocycles. The van der Waals surface area contributed by atoms with Crippen molar-refractivity contribution >= 4 is 32.5 Å². The Morgan fingerprint density at radius 1 is 0.960 bits per heavy atom. The maximum absolute atomic E-state index is 12.6. The van der Waals surface area contributed by atoms with Crippen LogP contribution in [0, 0.1) is 6.92 Å². The topological polar surface area (TPSA) is 72.5 Å². The summed E-state index contributed by atoms with van der Waals surface area (Å²) in [5.74, 6) is -0.0338. The van der Waals surface area contributed by atoms with E-state index in [0.717, 1.165) is 16.3 Å². The Morgan fingerprint density at radius 2 is 1.68 bits per heavy atom. The SMILES string of the molecule is CC(=O)Nc1cc(S(=O)(=O)Oc2ccc3ccccc3c2)ccc1C. The van der Waals surface area contributed by atoms with Crippen LogP contribution in [0.2, 0.25) is 0 Å². The van der Waals surface area contributed by atoms with E-state index in [1.54, 1.807) is 31.2 Å². The molecular formula is C19H17NO4S. The van der Waals surface area contributed by atoms with E-state index in [9.17, 15) is 13.2 Å². The number of hydrogen-bond acceptors (Lipinski definition) is 4. The van der Waals surface area contributed by atoms with Gasteiger partial charge in [-0.3, -0.25) is 4.79 Å². The maximum atomic E-state index is 12.6. The molecular weight excluding hydrogens is 338 g/mol. The van der Waals surface area contributed by atoms with Gasteiger partial charge >= 0.3 is 10.1 Å². The summed E-state index contributed by atoms with van der Waals surface area (Å²) in [6.07, 6.45) is 0. The Morgan fingerprint density at radius 3 is 2.40 bits per heavy atom. The van der Waals surface area contributed by atoms with Crippen LogP contribution in [-0.4, -0.2) is 14.3 Å². The first-order valence-electron chi connectivity index (χ1n) is 7.67. The van der Waals surface area contributed by atoms with Crippen LogP contribution in [0.1, 0.15) is 12.5 Å². The smallest absolute Gasteiger partial charge is 0.339 e. The van der Waals surface area contributed by atoms with Crippen LogP contribution in [0.5, 0.6) is 5.75 Å². The molecule has 5 nitrogen and oxygen atoms in total. The second kappa shape index (κ2) is 6.57. The van der Waals surface area contributed by atoms with E-state index in [-0.39, 0.29) is 16.6 Å². The van der Waals surface area contributed by atoms with Crippen LogP contribution in [0.4, 0.5) is 5.69 Å². The van der Waals surface area contributed by atoms with E-state index in [0.29, 0.717) is 5.69 Å². The van der Waals surface area contributed by atoms with Gasteiger partial charge < -0.3 is 9.50 Å². The molecule has 128 valence electrons. The Labute approximate surface area is 146 Å². The molecule has 6 heteroatoms. The highest BCUT2D eigenvalue weighted by molar-refractivity contribution is 7.87. The van der Waals surface area contributed by atoms with Gasteiger partial charge in [-0.05, 0) is 47.5 Å². The molecule has 0 spiro atoms. The molecule has 1 N–H and O–H groups in total. The molecule has 0 saturated heterocycles. The lowest BCUT2D eigenvalue weighted by Crippen LogP contribution is -2.12. The first kappa shape index (κ1) is 17.0. The number of fused-ring (bicyclic) bond motifs is 1. The molecule has 0 radical (unpaired) electrons.